The molecule has 8 heavy (non-hydrogen) atoms. The molecule has 0 fully saturated rings. The lowest BCUT2D eigenvalue weighted by Crippen LogP contribution is -2.18. The van der Waals surface area contributed by atoms with Gasteiger partial charge in [-0.2, -0.15) is 12.6 Å². The molecule has 0 rings (SSSR count). The first-order chi connectivity index (χ1) is 3.85. The molecule has 0 heterocycles. The van der Waals surface area contributed by atoms with E-state index < -0.39 is 0 Å². The summed E-state index contributed by atoms with van der Waals surface area (Å²) in [7, 11) is 0. The standard InChI is InChI=1S/C5H12O2S/c1-2-7-5(3-6)4-8/h5-6,8H,2-4H2,1H3/t5-/m0/s1. The molecule has 0 saturated heterocycles. The van der Waals surface area contributed by atoms with Crippen molar-refractivity contribution in [2.45, 2.75) is 13.0 Å². The van der Waals surface area contributed by atoms with E-state index in [1.807, 2.05) is 6.92 Å². The highest BCUT2D eigenvalue weighted by Gasteiger charge is 2.00. The molecule has 0 unspecified atom stereocenters. The highest BCUT2D eigenvalue weighted by molar-refractivity contribution is 7.80. The lowest BCUT2D eigenvalue weighted by Gasteiger charge is -2.09. The molecule has 1 N–H and O–H groups in total. The van der Waals surface area contributed by atoms with Gasteiger partial charge in [-0.05, 0) is 6.92 Å². The fraction of sp³-hybridized carbons (Fsp3) is 1.00. The summed E-state index contributed by atoms with van der Waals surface area (Å²) in [4.78, 5) is 0. The summed E-state index contributed by atoms with van der Waals surface area (Å²) in [6, 6.07) is 0. The van der Waals surface area contributed by atoms with Crippen molar-refractivity contribution in [1.82, 2.24) is 0 Å². The van der Waals surface area contributed by atoms with Gasteiger partial charge in [0.25, 0.3) is 0 Å². The number of aliphatic hydroxyl groups excluding tert-OH is 1. The quantitative estimate of drug-likeness (QED) is 0.545. The van der Waals surface area contributed by atoms with Crippen LogP contribution in [0.25, 0.3) is 0 Å². The molecule has 0 aromatic carbocycles. The van der Waals surface area contributed by atoms with Crippen LogP contribution in [0.4, 0.5) is 0 Å². The molecule has 0 aromatic heterocycles. The Bertz CT molecular complexity index is 45.7. The third-order valence-electron chi connectivity index (χ3n) is 0.810. The summed E-state index contributed by atoms with van der Waals surface area (Å²) in [5, 5.41) is 8.48. The number of thiol groups is 1. The van der Waals surface area contributed by atoms with Gasteiger partial charge in [0, 0.05) is 12.4 Å². The smallest absolute Gasteiger partial charge is 0.0893 e. The van der Waals surface area contributed by atoms with E-state index in [9.17, 15) is 0 Å². The van der Waals surface area contributed by atoms with Crippen LogP contribution >= 0.6 is 12.6 Å². The van der Waals surface area contributed by atoms with Gasteiger partial charge in [-0.3, -0.25) is 0 Å². The molecule has 0 bridgehead atoms. The van der Waals surface area contributed by atoms with Crippen LogP contribution in [0.1, 0.15) is 6.92 Å². The first kappa shape index (κ1) is 8.27. The van der Waals surface area contributed by atoms with Gasteiger partial charge in [0.2, 0.25) is 0 Å². The number of ether oxygens (including phenoxy) is 1. The Morgan fingerprint density at radius 1 is 1.75 bits per heavy atom. The second kappa shape index (κ2) is 5.41. The minimum atomic E-state index is -0.0802. The molecule has 1 atom stereocenters. The Morgan fingerprint density at radius 3 is 2.50 bits per heavy atom. The molecule has 0 amide bonds. The average molecular weight is 136 g/mol. The van der Waals surface area contributed by atoms with Gasteiger partial charge >= 0.3 is 0 Å². The van der Waals surface area contributed by atoms with Gasteiger partial charge in [-0.15, -0.1) is 0 Å². The summed E-state index contributed by atoms with van der Waals surface area (Å²) in [6.45, 7) is 2.61. The van der Waals surface area contributed by atoms with Crippen molar-refractivity contribution in [3.8, 4) is 0 Å². The van der Waals surface area contributed by atoms with Crippen molar-refractivity contribution in [3.63, 3.8) is 0 Å². The Labute approximate surface area is 55.3 Å². The highest BCUT2D eigenvalue weighted by atomic mass is 32.1. The molecular weight excluding hydrogens is 124 g/mol. The average Bonchev–Trinajstić information content (AvgIpc) is 1.83. The molecule has 0 aromatic rings. The second-order valence-corrected chi connectivity index (χ2v) is 1.81. The molecule has 0 aliphatic rings. The van der Waals surface area contributed by atoms with E-state index in [4.69, 9.17) is 9.84 Å². The molecule has 0 radical (unpaired) electrons. The van der Waals surface area contributed by atoms with E-state index in [1.165, 1.54) is 0 Å². The summed E-state index contributed by atoms with van der Waals surface area (Å²) in [5.41, 5.74) is 0. The van der Waals surface area contributed by atoms with Gasteiger partial charge in [-0.1, -0.05) is 0 Å². The van der Waals surface area contributed by atoms with Crippen LogP contribution in [0.15, 0.2) is 0 Å². The molecule has 0 aliphatic carbocycles. The zero-order chi connectivity index (χ0) is 6.41. The predicted molar refractivity (Wildman–Crippen MR) is 36.4 cm³/mol. The molecule has 50 valence electrons. The van der Waals surface area contributed by atoms with Crippen LogP contribution in [0, 0.1) is 0 Å². The van der Waals surface area contributed by atoms with E-state index >= 15 is 0 Å². The Kier molecular flexibility index (Phi) is 5.59. The normalized spacial score (nSPS) is 13.9. The minimum Gasteiger partial charge on any atom is -0.394 e. The maximum atomic E-state index is 8.48. The summed E-state index contributed by atoms with van der Waals surface area (Å²) < 4.78 is 5.01. The third-order valence-corrected chi connectivity index (χ3v) is 1.22. The number of hydrogen-bond donors (Lipinski definition) is 2. The fourth-order valence-corrected chi connectivity index (χ4v) is 0.620. The largest absolute Gasteiger partial charge is 0.394 e. The van der Waals surface area contributed by atoms with Crippen LogP contribution < -0.4 is 0 Å². The molecule has 0 saturated carbocycles. The predicted octanol–water partition coefficient (Wildman–Crippen LogP) is 0.314. The summed E-state index contributed by atoms with van der Waals surface area (Å²) in [5.74, 6) is 0.588. The molecule has 3 heteroatoms. The van der Waals surface area contributed by atoms with E-state index in [0.717, 1.165) is 0 Å². The van der Waals surface area contributed by atoms with E-state index in [0.29, 0.717) is 12.4 Å². The zero-order valence-corrected chi connectivity index (χ0v) is 5.90. The summed E-state index contributed by atoms with van der Waals surface area (Å²) >= 11 is 3.94. The van der Waals surface area contributed by atoms with Crippen LogP contribution in [0.2, 0.25) is 0 Å². The second-order valence-electron chi connectivity index (χ2n) is 1.44. The maximum Gasteiger partial charge on any atom is 0.0893 e. The molecule has 0 aliphatic heterocycles. The minimum absolute atomic E-state index is 0.0668. The SMILES string of the molecule is CCO[C@@H](CO)CS. The lowest BCUT2D eigenvalue weighted by molar-refractivity contribution is 0.0358. The van der Waals surface area contributed by atoms with Gasteiger partial charge < -0.3 is 9.84 Å². The van der Waals surface area contributed by atoms with Gasteiger partial charge in [0.15, 0.2) is 0 Å². The van der Waals surface area contributed by atoms with Crippen molar-refractivity contribution in [3.05, 3.63) is 0 Å². The Hall–Kier alpha value is 0.270. The monoisotopic (exact) mass is 136 g/mol. The molecular formula is C5H12O2S. The Balaban J connectivity index is 3.07. The zero-order valence-electron chi connectivity index (χ0n) is 5.00. The van der Waals surface area contributed by atoms with Crippen molar-refractivity contribution in [2.24, 2.45) is 0 Å². The molecule has 0 spiro atoms. The van der Waals surface area contributed by atoms with Crippen LogP contribution in [-0.4, -0.2) is 30.2 Å². The first-order valence-corrected chi connectivity index (χ1v) is 3.31. The maximum absolute atomic E-state index is 8.48. The van der Waals surface area contributed by atoms with Gasteiger partial charge in [0.05, 0.1) is 12.7 Å². The van der Waals surface area contributed by atoms with Crippen LogP contribution in [-0.2, 0) is 4.74 Å². The van der Waals surface area contributed by atoms with Crippen LogP contribution in [0.5, 0.6) is 0 Å². The van der Waals surface area contributed by atoms with E-state index in [2.05, 4.69) is 12.6 Å². The Morgan fingerprint density at radius 2 is 2.38 bits per heavy atom. The van der Waals surface area contributed by atoms with Crippen molar-refractivity contribution >= 4 is 12.6 Å². The number of aliphatic hydroxyl groups is 1. The fourth-order valence-electron chi connectivity index (χ4n) is 0.399. The third kappa shape index (κ3) is 3.29. The van der Waals surface area contributed by atoms with Crippen molar-refractivity contribution in [2.75, 3.05) is 19.0 Å². The van der Waals surface area contributed by atoms with Gasteiger partial charge in [0.1, 0.15) is 0 Å². The highest BCUT2D eigenvalue weighted by Crippen LogP contribution is 1.91. The van der Waals surface area contributed by atoms with Crippen LogP contribution in [0.3, 0.4) is 0 Å². The summed E-state index contributed by atoms with van der Waals surface area (Å²) in [6.07, 6.45) is -0.0802. The molecule has 2 nitrogen and oxygen atoms in total. The van der Waals surface area contributed by atoms with Gasteiger partial charge in [-0.25, -0.2) is 0 Å². The van der Waals surface area contributed by atoms with E-state index in [-0.39, 0.29) is 12.7 Å². The van der Waals surface area contributed by atoms with E-state index in [1.54, 1.807) is 0 Å². The lowest BCUT2D eigenvalue weighted by atomic mass is 10.4. The van der Waals surface area contributed by atoms with Crippen molar-refractivity contribution in [1.29, 1.82) is 0 Å². The number of rotatable bonds is 4. The van der Waals surface area contributed by atoms with Crippen molar-refractivity contribution < 1.29 is 9.84 Å². The first-order valence-electron chi connectivity index (χ1n) is 2.68. The number of hydrogen-bond acceptors (Lipinski definition) is 3. The topological polar surface area (TPSA) is 29.5 Å².